The van der Waals surface area contributed by atoms with Crippen LogP contribution in [-0.2, 0) is 9.59 Å². The third-order valence-corrected chi connectivity index (χ3v) is 3.99. The largest absolute Gasteiger partial charge is 0.355 e. The monoisotopic (exact) mass is 332 g/mol. The lowest BCUT2D eigenvalue weighted by atomic mass is 10.1. The van der Waals surface area contributed by atoms with Crippen molar-refractivity contribution < 1.29 is 14.4 Å². The summed E-state index contributed by atoms with van der Waals surface area (Å²) in [5.74, 6) is 0.222. The van der Waals surface area contributed by atoms with E-state index < -0.39 is 5.54 Å². The molecule has 4 N–H and O–H groups in total. The molecule has 0 bridgehead atoms. The van der Waals surface area contributed by atoms with Crippen LogP contribution < -0.4 is 16.4 Å². The number of nitrogens with one attached hydrogen (secondary N) is 2. The van der Waals surface area contributed by atoms with Crippen LogP contribution in [0.4, 0.5) is 4.79 Å². The molecular weight excluding hydrogens is 308 g/mol. The normalized spacial score (nSPS) is 21.1. The molecule has 1 atom stereocenters. The maximum Gasteiger partial charge on any atom is 0.325 e. The lowest BCUT2D eigenvalue weighted by molar-refractivity contribution is -0.130. The van der Waals surface area contributed by atoms with Crippen molar-refractivity contribution in [2.24, 2.45) is 11.7 Å². The van der Waals surface area contributed by atoms with Gasteiger partial charge < -0.3 is 16.4 Å². The highest BCUT2D eigenvalue weighted by molar-refractivity contribution is 6.06. The summed E-state index contributed by atoms with van der Waals surface area (Å²) in [7, 11) is 0. The molecule has 126 valence electrons. The first-order valence-electron chi connectivity index (χ1n) is 7.47. The summed E-state index contributed by atoms with van der Waals surface area (Å²) in [4.78, 5) is 36.4. The molecule has 2 rings (SSSR count). The summed E-state index contributed by atoms with van der Waals surface area (Å²) in [5, 5.41) is 5.41. The van der Waals surface area contributed by atoms with Gasteiger partial charge in [0.1, 0.15) is 5.54 Å². The van der Waals surface area contributed by atoms with Crippen molar-refractivity contribution in [3.8, 4) is 0 Å². The number of urea groups is 1. The van der Waals surface area contributed by atoms with Gasteiger partial charge in [-0.25, -0.2) is 4.79 Å². The van der Waals surface area contributed by atoms with Crippen LogP contribution in [-0.4, -0.2) is 47.4 Å². The van der Waals surface area contributed by atoms with Gasteiger partial charge >= 0.3 is 6.03 Å². The Hall–Kier alpha value is -1.34. The fourth-order valence-electron chi connectivity index (χ4n) is 2.43. The molecule has 0 aromatic rings. The Balaban J connectivity index is 0.00000242. The third kappa shape index (κ3) is 4.58. The van der Waals surface area contributed by atoms with Gasteiger partial charge in [0.2, 0.25) is 5.91 Å². The summed E-state index contributed by atoms with van der Waals surface area (Å²) in [6, 6.07) is -0.346. The number of imide groups is 1. The van der Waals surface area contributed by atoms with E-state index in [0.717, 1.165) is 12.8 Å². The van der Waals surface area contributed by atoms with E-state index in [0.29, 0.717) is 18.9 Å². The van der Waals surface area contributed by atoms with Crippen LogP contribution in [0.25, 0.3) is 0 Å². The molecular formula is C14H25ClN4O3. The molecule has 1 unspecified atom stereocenters. The number of amides is 4. The standard InChI is InChI=1S/C14H24N4O3.ClH/c1-14(2)12(20)18(13(21)17-14)7-3-4-11(19)16-8-10(15)9-5-6-9;/h9-10H,3-8,15H2,1-2H3,(H,16,19)(H,17,21);1H. The van der Waals surface area contributed by atoms with E-state index in [2.05, 4.69) is 10.6 Å². The molecule has 1 aliphatic heterocycles. The van der Waals surface area contributed by atoms with Crippen LogP contribution in [0, 0.1) is 5.92 Å². The van der Waals surface area contributed by atoms with Crippen molar-refractivity contribution in [2.75, 3.05) is 13.1 Å². The molecule has 0 spiro atoms. The van der Waals surface area contributed by atoms with Crippen LogP contribution in [0.1, 0.15) is 39.5 Å². The number of hydrogen-bond acceptors (Lipinski definition) is 4. The van der Waals surface area contributed by atoms with Gasteiger partial charge in [0.05, 0.1) is 0 Å². The lowest BCUT2D eigenvalue weighted by Gasteiger charge is -2.16. The Morgan fingerprint density at radius 3 is 2.59 bits per heavy atom. The highest BCUT2D eigenvalue weighted by Crippen LogP contribution is 2.31. The minimum absolute atomic E-state index is 0. The van der Waals surface area contributed by atoms with Crippen LogP contribution in [0.5, 0.6) is 0 Å². The van der Waals surface area contributed by atoms with Crippen molar-refractivity contribution in [1.82, 2.24) is 15.5 Å². The van der Waals surface area contributed by atoms with E-state index in [1.807, 2.05) is 0 Å². The van der Waals surface area contributed by atoms with E-state index in [9.17, 15) is 14.4 Å². The zero-order valence-electron chi connectivity index (χ0n) is 13.1. The summed E-state index contributed by atoms with van der Waals surface area (Å²) in [6.07, 6.45) is 3.05. The Bertz CT molecular complexity index is 451. The minimum Gasteiger partial charge on any atom is -0.355 e. The zero-order valence-corrected chi connectivity index (χ0v) is 13.9. The molecule has 1 saturated carbocycles. The maximum atomic E-state index is 11.9. The van der Waals surface area contributed by atoms with Crippen LogP contribution in [0.2, 0.25) is 0 Å². The van der Waals surface area contributed by atoms with Crippen molar-refractivity contribution in [2.45, 2.75) is 51.1 Å². The highest BCUT2D eigenvalue weighted by Gasteiger charge is 2.43. The fraction of sp³-hybridized carbons (Fsp3) is 0.786. The summed E-state index contributed by atoms with van der Waals surface area (Å²) < 4.78 is 0. The smallest absolute Gasteiger partial charge is 0.325 e. The van der Waals surface area contributed by atoms with Gasteiger partial charge in [0.15, 0.2) is 0 Å². The first kappa shape index (κ1) is 18.7. The number of halogens is 1. The topological polar surface area (TPSA) is 105 Å². The second-order valence-electron chi connectivity index (χ2n) is 6.42. The molecule has 1 saturated heterocycles. The van der Waals surface area contributed by atoms with Crippen molar-refractivity contribution in [3.63, 3.8) is 0 Å². The van der Waals surface area contributed by atoms with Gasteiger partial charge in [-0.1, -0.05) is 0 Å². The van der Waals surface area contributed by atoms with Gasteiger partial charge in [0, 0.05) is 25.6 Å². The molecule has 1 aliphatic carbocycles. The van der Waals surface area contributed by atoms with Crippen molar-refractivity contribution in [3.05, 3.63) is 0 Å². The van der Waals surface area contributed by atoms with Crippen LogP contribution in [0.15, 0.2) is 0 Å². The first-order chi connectivity index (χ1) is 9.81. The number of rotatable bonds is 7. The Labute approximate surface area is 136 Å². The lowest BCUT2D eigenvalue weighted by Crippen LogP contribution is -2.40. The average Bonchev–Trinajstić information content (AvgIpc) is 3.21. The Morgan fingerprint density at radius 1 is 1.45 bits per heavy atom. The number of carbonyl (C=O) groups excluding carboxylic acids is 3. The number of carbonyl (C=O) groups is 3. The first-order valence-corrected chi connectivity index (χ1v) is 7.47. The van der Waals surface area contributed by atoms with E-state index in [1.54, 1.807) is 13.8 Å². The molecule has 22 heavy (non-hydrogen) atoms. The molecule has 7 nitrogen and oxygen atoms in total. The van der Waals surface area contributed by atoms with Crippen molar-refractivity contribution >= 4 is 30.3 Å². The van der Waals surface area contributed by atoms with E-state index in [1.165, 1.54) is 4.90 Å². The second kappa shape index (κ2) is 7.28. The van der Waals surface area contributed by atoms with Gasteiger partial charge in [-0.15, -0.1) is 12.4 Å². The molecule has 0 radical (unpaired) electrons. The fourth-order valence-corrected chi connectivity index (χ4v) is 2.43. The Kier molecular flexibility index (Phi) is 6.19. The molecule has 1 heterocycles. The van der Waals surface area contributed by atoms with E-state index >= 15 is 0 Å². The molecule has 4 amide bonds. The van der Waals surface area contributed by atoms with Gasteiger partial charge in [-0.2, -0.15) is 0 Å². The van der Waals surface area contributed by atoms with Gasteiger partial charge in [-0.3, -0.25) is 14.5 Å². The number of hydrogen-bond donors (Lipinski definition) is 3. The van der Waals surface area contributed by atoms with Crippen molar-refractivity contribution in [1.29, 1.82) is 0 Å². The van der Waals surface area contributed by atoms with Crippen LogP contribution >= 0.6 is 12.4 Å². The molecule has 2 fully saturated rings. The summed E-state index contributed by atoms with van der Waals surface area (Å²) in [6.45, 7) is 4.09. The predicted molar refractivity (Wildman–Crippen MR) is 84.5 cm³/mol. The Morgan fingerprint density at radius 2 is 2.09 bits per heavy atom. The number of nitrogens with two attached hydrogens (primary N) is 1. The van der Waals surface area contributed by atoms with E-state index in [4.69, 9.17) is 5.73 Å². The third-order valence-electron chi connectivity index (χ3n) is 3.99. The molecule has 2 aliphatic rings. The predicted octanol–water partition coefficient (Wildman–Crippen LogP) is 0.372. The molecule has 0 aromatic carbocycles. The van der Waals surface area contributed by atoms with Gasteiger partial charge in [0.25, 0.3) is 5.91 Å². The maximum absolute atomic E-state index is 11.9. The summed E-state index contributed by atoms with van der Waals surface area (Å²) >= 11 is 0. The second-order valence-corrected chi connectivity index (χ2v) is 6.42. The summed E-state index contributed by atoms with van der Waals surface area (Å²) in [5.41, 5.74) is 5.05. The highest BCUT2D eigenvalue weighted by atomic mass is 35.5. The average molecular weight is 333 g/mol. The minimum atomic E-state index is -0.851. The number of nitrogens with zero attached hydrogens (tertiary/aromatic N) is 1. The van der Waals surface area contributed by atoms with E-state index in [-0.39, 0.29) is 49.3 Å². The van der Waals surface area contributed by atoms with Crippen LogP contribution in [0.3, 0.4) is 0 Å². The SMILES string of the molecule is CC1(C)NC(=O)N(CCCC(=O)NCC(N)C2CC2)C1=O.Cl. The molecule has 8 heteroatoms. The molecule has 0 aromatic heterocycles. The van der Waals surface area contributed by atoms with Gasteiger partial charge in [-0.05, 0) is 39.0 Å². The zero-order chi connectivity index (χ0) is 15.6. The quantitative estimate of drug-likeness (QED) is 0.586.